The van der Waals surface area contributed by atoms with Gasteiger partial charge in [0.1, 0.15) is 5.82 Å². The van der Waals surface area contributed by atoms with Gasteiger partial charge in [-0.1, -0.05) is 6.07 Å². The predicted octanol–water partition coefficient (Wildman–Crippen LogP) is 1.34. The second-order valence-corrected chi connectivity index (χ2v) is 4.15. The van der Waals surface area contributed by atoms with E-state index in [-0.39, 0.29) is 6.10 Å². The van der Waals surface area contributed by atoms with Crippen LogP contribution < -0.4 is 4.90 Å². The van der Waals surface area contributed by atoms with Crippen LogP contribution in [0.4, 0.5) is 5.82 Å². The smallest absolute Gasteiger partial charge is 0.134 e. The summed E-state index contributed by atoms with van der Waals surface area (Å²) in [5.41, 5.74) is 0.815. The Kier molecular flexibility index (Phi) is 4.71. The van der Waals surface area contributed by atoms with Gasteiger partial charge in [-0.3, -0.25) is 0 Å². The molecule has 0 saturated carbocycles. The third-order valence-electron chi connectivity index (χ3n) is 2.51. The van der Waals surface area contributed by atoms with Crippen molar-refractivity contribution in [2.45, 2.75) is 32.5 Å². The molecule has 0 spiro atoms. The Bertz CT molecular complexity index is 327. The standard InChI is InChI=1S/C12H20N2O2/c1-9(15)6-8-14(3)12-11(10(2)16)5-4-7-13-12/h4-5,7,9-10,15-16H,6,8H2,1-3H3. The van der Waals surface area contributed by atoms with Gasteiger partial charge in [-0.2, -0.15) is 0 Å². The molecule has 0 aliphatic rings. The van der Waals surface area contributed by atoms with Crippen LogP contribution in [-0.4, -0.2) is 34.9 Å². The molecule has 0 radical (unpaired) electrons. The molecule has 1 aromatic heterocycles. The minimum atomic E-state index is -0.530. The fourth-order valence-electron chi connectivity index (χ4n) is 1.54. The van der Waals surface area contributed by atoms with Gasteiger partial charge in [0.05, 0.1) is 12.2 Å². The third kappa shape index (κ3) is 3.47. The highest BCUT2D eigenvalue weighted by molar-refractivity contribution is 5.46. The molecule has 4 nitrogen and oxygen atoms in total. The van der Waals surface area contributed by atoms with E-state index < -0.39 is 6.10 Å². The van der Waals surface area contributed by atoms with E-state index in [9.17, 15) is 10.2 Å². The van der Waals surface area contributed by atoms with Crippen LogP contribution in [0.2, 0.25) is 0 Å². The largest absolute Gasteiger partial charge is 0.393 e. The highest BCUT2D eigenvalue weighted by atomic mass is 16.3. The first-order valence-corrected chi connectivity index (χ1v) is 5.54. The lowest BCUT2D eigenvalue weighted by Crippen LogP contribution is -2.24. The quantitative estimate of drug-likeness (QED) is 0.792. The average Bonchev–Trinajstić information content (AvgIpc) is 2.25. The Morgan fingerprint density at radius 1 is 1.38 bits per heavy atom. The lowest BCUT2D eigenvalue weighted by Gasteiger charge is -2.22. The van der Waals surface area contributed by atoms with Crippen LogP contribution in [0.3, 0.4) is 0 Å². The van der Waals surface area contributed by atoms with Crippen LogP contribution in [0.15, 0.2) is 18.3 Å². The molecule has 90 valence electrons. The van der Waals surface area contributed by atoms with E-state index in [1.165, 1.54) is 0 Å². The Morgan fingerprint density at radius 2 is 2.06 bits per heavy atom. The Labute approximate surface area is 96.6 Å². The van der Waals surface area contributed by atoms with Gasteiger partial charge in [0.25, 0.3) is 0 Å². The van der Waals surface area contributed by atoms with Gasteiger partial charge in [0, 0.05) is 25.4 Å². The lowest BCUT2D eigenvalue weighted by molar-refractivity contribution is 0.186. The summed E-state index contributed by atoms with van der Waals surface area (Å²) in [7, 11) is 1.91. The highest BCUT2D eigenvalue weighted by Crippen LogP contribution is 2.22. The van der Waals surface area contributed by atoms with Crippen LogP contribution in [-0.2, 0) is 0 Å². The molecule has 4 heteroatoms. The van der Waals surface area contributed by atoms with E-state index in [4.69, 9.17) is 0 Å². The summed E-state index contributed by atoms with van der Waals surface area (Å²) in [6.07, 6.45) is 1.55. The SMILES string of the molecule is CC(O)CCN(C)c1ncccc1C(C)O. The van der Waals surface area contributed by atoms with Crippen molar-refractivity contribution in [1.82, 2.24) is 4.98 Å². The maximum absolute atomic E-state index is 9.61. The number of aromatic nitrogens is 1. The molecular formula is C12H20N2O2. The fourth-order valence-corrected chi connectivity index (χ4v) is 1.54. The minimum absolute atomic E-state index is 0.318. The number of hydrogen-bond acceptors (Lipinski definition) is 4. The van der Waals surface area contributed by atoms with Crippen molar-refractivity contribution >= 4 is 5.82 Å². The maximum atomic E-state index is 9.61. The van der Waals surface area contributed by atoms with Gasteiger partial charge in [0.15, 0.2) is 0 Å². The summed E-state index contributed by atoms with van der Waals surface area (Å²) < 4.78 is 0. The van der Waals surface area contributed by atoms with Crippen molar-refractivity contribution in [1.29, 1.82) is 0 Å². The number of aliphatic hydroxyl groups excluding tert-OH is 2. The summed E-state index contributed by atoms with van der Waals surface area (Å²) in [6.45, 7) is 4.21. The van der Waals surface area contributed by atoms with Crippen LogP contribution in [0.1, 0.15) is 31.9 Å². The van der Waals surface area contributed by atoms with E-state index in [2.05, 4.69) is 4.98 Å². The van der Waals surface area contributed by atoms with Gasteiger partial charge in [-0.15, -0.1) is 0 Å². The van der Waals surface area contributed by atoms with E-state index >= 15 is 0 Å². The molecule has 0 bridgehead atoms. The topological polar surface area (TPSA) is 56.6 Å². The Balaban J connectivity index is 2.77. The van der Waals surface area contributed by atoms with Crippen molar-refractivity contribution in [3.05, 3.63) is 23.9 Å². The number of hydrogen-bond donors (Lipinski definition) is 2. The predicted molar refractivity (Wildman–Crippen MR) is 64.4 cm³/mol. The van der Waals surface area contributed by atoms with Crippen LogP contribution in [0.5, 0.6) is 0 Å². The van der Waals surface area contributed by atoms with Crippen LogP contribution in [0, 0.1) is 0 Å². The zero-order valence-corrected chi connectivity index (χ0v) is 10.1. The second kappa shape index (κ2) is 5.82. The van der Waals surface area contributed by atoms with Gasteiger partial charge in [-0.05, 0) is 26.3 Å². The summed E-state index contributed by atoms with van der Waals surface area (Å²) in [6, 6.07) is 3.68. The molecule has 2 N–H and O–H groups in total. The number of rotatable bonds is 5. The summed E-state index contributed by atoms with van der Waals surface area (Å²) in [4.78, 5) is 6.22. The molecule has 0 aliphatic heterocycles. The molecule has 1 rings (SSSR count). The number of anilines is 1. The first-order chi connectivity index (χ1) is 7.52. The first-order valence-electron chi connectivity index (χ1n) is 5.54. The lowest BCUT2D eigenvalue weighted by atomic mass is 10.1. The molecule has 0 fully saturated rings. The van der Waals surface area contributed by atoms with Gasteiger partial charge in [0.2, 0.25) is 0 Å². The van der Waals surface area contributed by atoms with Gasteiger partial charge >= 0.3 is 0 Å². The monoisotopic (exact) mass is 224 g/mol. The Morgan fingerprint density at radius 3 is 2.62 bits per heavy atom. The number of aliphatic hydroxyl groups is 2. The van der Waals surface area contributed by atoms with Gasteiger partial charge < -0.3 is 15.1 Å². The zero-order valence-electron chi connectivity index (χ0n) is 10.1. The van der Waals surface area contributed by atoms with E-state index in [1.807, 2.05) is 24.1 Å². The molecule has 0 amide bonds. The molecular weight excluding hydrogens is 204 g/mol. The number of pyridine rings is 1. The normalized spacial score (nSPS) is 14.6. The van der Waals surface area contributed by atoms with Crippen molar-refractivity contribution in [3.8, 4) is 0 Å². The third-order valence-corrected chi connectivity index (χ3v) is 2.51. The molecule has 0 saturated heterocycles. The minimum Gasteiger partial charge on any atom is -0.393 e. The zero-order chi connectivity index (χ0) is 12.1. The first kappa shape index (κ1) is 12.9. The molecule has 1 heterocycles. The average molecular weight is 224 g/mol. The summed E-state index contributed by atoms with van der Waals surface area (Å²) in [5.74, 6) is 0.776. The molecule has 1 aromatic rings. The molecule has 0 aliphatic carbocycles. The fraction of sp³-hybridized carbons (Fsp3) is 0.583. The second-order valence-electron chi connectivity index (χ2n) is 4.15. The van der Waals surface area contributed by atoms with Crippen molar-refractivity contribution < 1.29 is 10.2 Å². The van der Waals surface area contributed by atoms with E-state index in [0.29, 0.717) is 13.0 Å². The van der Waals surface area contributed by atoms with Gasteiger partial charge in [-0.25, -0.2) is 4.98 Å². The van der Waals surface area contributed by atoms with Crippen molar-refractivity contribution in [2.24, 2.45) is 0 Å². The number of nitrogens with zero attached hydrogens (tertiary/aromatic N) is 2. The molecule has 0 aromatic carbocycles. The van der Waals surface area contributed by atoms with E-state index in [1.54, 1.807) is 20.0 Å². The summed E-state index contributed by atoms with van der Waals surface area (Å²) in [5, 5.41) is 18.8. The van der Waals surface area contributed by atoms with Crippen LogP contribution in [0.25, 0.3) is 0 Å². The van der Waals surface area contributed by atoms with Crippen LogP contribution >= 0.6 is 0 Å². The van der Waals surface area contributed by atoms with Crippen molar-refractivity contribution in [2.75, 3.05) is 18.5 Å². The molecule has 2 atom stereocenters. The highest BCUT2D eigenvalue weighted by Gasteiger charge is 2.12. The molecule has 16 heavy (non-hydrogen) atoms. The summed E-state index contributed by atoms with van der Waals surface area (Å²) >= 11 is 0. The maximum Gasteiger partial charge on any atom is 0.134 e. The van der Waals surface area contributed by atoms with Crippen molar-refractivity contribution in [3.63, 3.8) is 0 Å². The molecule has 2 unspecified atom stereocenters. The Hall–Kier alpha value is -1.13. The van der Waals surface area contributed by atoms with E-state index in [0.717, 1.165) is 11.4 Å².